The molecule has 35 heavy (non-hydrogen) atoms. The van der Waals surface area contributed by atoms with Gasteiger partial charge in [0.15, 0.2) is 11.5 Å². The van der Waals surface area contributed by atoms with Crippen LogP contribution in [0.1, 0.15) is 18.2 Å². The van der Waals surface area contributed by atoms with E-state index in [1.807, 2.05) is 0 Å². The number of aliphatic hydroxyl groups is 2. The maximum Gasteiger partial charge on any atom is 0.244 e. The van der Waals surface area contributed by atoms with Crippen LogP contribution in [0.4, 0.5) is 11.6 Å². The number of rotatable bonds is 8. The summed E-state index contributed by atoms with van der Waals surface area (Å²) < 4.78 is 7.48. The van der Waals surface area contributed by atoms with Crippen molar-refractivity contribution in [3.63, 3.8) is 0 Å². The van der Waals surface area contributed by atoms with Crippen LogP contribution in [0.25, 0.3) is 28.3 Å². The molecule has 182 valence electrons. The lowest BCUT2D eigenvalue weighted by molar-refractivity contribution is -0.116. The third-order valence-electron chi connectivity index (χ3n) is 5.72. The van der Waals surface area contributed by atoms with Crippen LogP contribution < -0.4 is 16.4 Å². The van der Waals surface area contributed by atoms with Crippen molar-refractivity contribution in [1.82, 2.24) is 39.8 Å². The van der Waals surface area contributed by atoms with Gasteiger partial charge in [-0.1, -0.05) is 0 Å². The van der Waals surface area contributed by atoms with Crippen LogP contribution in [0.3, 0.4) is 0 Å². The highest BCUT2D eigenvalue weighted by Gasteiger charge is 2.35. The van der Waals surface area contributed by atoms with Crippen molar-refractivity contribution in [1.29, 1.82) is 0 Å². The number of anilines is 2. The summed E-state index contributed by atoms with van der Waals surface area (Å²) in [6.45, 7) is 0.504. The number of imidazole rings is 1. The van der Waals surface area contributed by atoms with Gasteiger partial charge in [-0.15, -0.1) is 0 Å². The fraction of sp³-hybridized carbons (Fsp3) is 0.333. The van der Waals surface area contributed by atoms with Crippen LogP contribution >= 0.6 is 0 Å². The Morgan fingerprint density at radius 2 is 2.11 bits per heavy atom. The SMILES string of the molecule is Nc1ncnc2c1c(/C=C/C(=O)NCCNc1ncnc3nc[nH]c13)cn2[C@H]1C[C@H](O)[C@@H](CO)O1. The number of nitrogens with zero attached hydrogens (tertiary/aromatic N) is 6. The Bertz CT molecular complexity index is 1380. The zero-order chi connectivity index (χ0) is 24.4. The molecule has 4 aromatic rings. The van der Waals surface area contributed by atoms with Crippen molar-refractivity contribution in [2.45, 2.75) is 24.9 Å². The van der Waals surface area contributed by atoms with Crippen LogP contribution in [0.5, 0.6) is 0 Å². The van der Waals surface area contributed by atoms with Crippen molar-refractivity contribution in [2.75, 3.05) is 30.7 Å². The molecule has 0 radical (unpaired) electrons. The van der Waals surface area contributed by atoms with Crippen LogP contribution in [0, 0.1) is 0 Å². The molecule has 0 saturated carbocycles. The fourth-order valence-electron chi connectivity index (χ4n) is 4.02. The molecule has 0 unspecified atom stereocenters. The average Bonchev–Trinajstić information content (AvgIpc) is 3.57. The molecule has 0 aromatic carbocycles. The topological polar surface area (TPSA) is 202 Å². The standard InChI is InChI=1S/C21H24N10O4/c22-18-16-11(6-31(21(16)30-9-26-18)15-5-12(33)13(7-32)35-15)1-2-14(34)23-3-4-24-19-17-20(27-8-25-17)29-10-28-19/h1-2,6,8-10,12-13,15,32-33H,3-5,7H2,(H,23,34)(H2,22,26,30)(H2,24,25,27,28,29)/b2-1+/t12-,13+,15+/m0/s1. The normalized spacial score (nSPS) is 20.2. The zero-order valence-electron chi connectivity index (χ0n) is 18.5. The zero-order valence-corrected chi connectivity index (χ0v) is 18.5. The molecular weight excluding hydrogens is 456 g/mol. The molecule has 0 bridgehead atoms. The van der Waals surface area contributed by atoms with Crippen LogP contribution in [-0.2, 0) is 9.53 Å². The Labute approximate surface area is 198 Å². The Morgan fingerprint density at radius 3 is 2.94 bits per heavy atom. The highest BCUT2D eigenvalue weighted by Crippen LogP contribution is 2.34. The molecule has 1 fully saturated rings. The lowest BCUT2D eigenvalue weighted by Gasteiger charge is -2.14. The number of carbonyl (C=O) groups excluding carboxylic acids is 1. The molecule has 5 rings (SSSR count). The highest BCUT2D eigenvalue weighted by atomic mass is 16.5. The first-order valence-corrected chi connectivity index (χ1v) is 10.9. The Morgan fingerprint density at radius 1 is 1.26 bits per heavy atom. The van der Waals surface area contributed by atoms with Crippen molar-refractivity contribution >= 4 is 45.8 Å². The first kappa shape index (κ1) is 22.6. The number of nitrogens with two attached hydrogens (primary N) is 1. The fourth-order valence-corrected chi connectivity index (χ4v) is 4.02. The second-order valence-corrected chi connectivity index (χ2v) is 7.94. The summed E-state index contributed by atoms with van der Waals surface area (Å²) in [6, 6.07) is 0. The maximum absolute atomic E-state index is 12.4. The summed E-state index contributed by atoms with van der Waals surface area (Å²) in [5.74, 6) is 0.555. The molecular formula is C21H24N10O4. The van der Waals surface area contributed by atoms with E-state index in [1.54, 1.807) is 16.8 Å². The van der Waals surface area contributed by atoms with E-state index in [1.165, 1.54) is 25.1 Å². The number of H-pyrrole nitrogens is 1. The highest BCUT2D eigenvalue weighted by molar-refractivity contribution is 5.99. The third kappa shape index (κ3) is 4.49. The van der Waals surface area contributed by atoms with Gasteiger partial charge < -0.3 is 40.9 Å². The second kappa shape index (κ2) is 9.61. The van der Waals surface area contributed by atoms with Crippen LogP contribution in [0.15, 0.2) is 31.3 Å². The van der Waals surface area contributed by atoms with Gasteiger partial charge in [-0.3, -0.25) is 4.79 Å². The molecule has 3 atom stereocenters. The minimum Gasteiger partial charge on any atom is -0.394 e. The van der Waals surface area contributed by atoms with E-state index in [-0.39, 0.29) is 24.8 Å². The van der Waals surface area contributed by atoms with E-state index >= 15 is 0 Å². The summed E-state index contributed by atoms with van der Waals surface area (Å²) in [5, 5.41) is 26.0. The molecule has 0 spiro atoms. The second-order valence-electron chi connectivity index (χ2n) is 7.94. The number of nitrogen functional groups attached to an aromatic ring is 1. The maximum atomic E-state index is 12.4. The van der Waals surface area contributed by atoms with Gasteiger partial charge in [0.1, 0.15) is 42.0 Å². The number of hydrogen-bond donors (Lipinski definition) is 6. The predicted octanol–water partition coefficient (Wildman–Crippen LogP) is -0.438. The van der Waals surface area contributed by atoms with Gasteiger partial charge in [-0.25, -0.2) is 24.9 Å². The predicted molar refractivity (Wildman–Crippen MR) is 126 cm³/mol. The van der Waals surface area contributed by atoms with Gasteiger partial charge in [-0.05, 0) is 6.08 Å². The van der Waals surface area contributed by atoms with Crippen LogP contribution in [-0.4, -0.2) is 82.5 Å². The van der Waals surface area contributed by atoms with Crippen molar-refractivity contribution in [2.24, 2.45) is 0 Å². The number of hydrogen-bond acceptors (Lipinski definition) is 11. The average molecular weight is 480 g/mol. The van der Waals surface area contributed by atoms with E-state index in [2.05, 4.69) is 40.5 Å². The number of carbonyl (C=O) groups is 1. The first-order chi connectivity index (χ1) is 17.0. The van der Waals surface area contributed by atoms with Crippen molar-refractivity contribution in [3.8, 4) is 0 Å². The first-order valence-electron chi connectivity index (χ1n) is 10.9. The number of nitrogens with one attached hydrogen (secondary N) is 3. The summed E-state index contributed by atoms with van der Waals surface area (Å²) >= 11 is 0. The van der Waals surface area contributed by atoms with E-state index in [0.717, 1.165) is 0 Å². The molecule has 1 amide bonds. The van der Waals surface area contributed by atoms with Gasteiger partial charge in [0.2, 0.25) is 5.91 Å². The smallest absolute Gasteiger partial charge is 0.244 e. The Balaban J connectivity index is 1.25. The van der Waals surface area contributed by atoms with E-state index in [0.29, 0.717) is 46.7 Å². The molecule has 7 N–H and O–H groups in total. The van der Waals surface area contributed by atoms with E-state index in [4.69, 9.17) is 10.5 Å². The van der Waals surface area contributed by atoms with E-state index < -0.39 is 18.4 Å². The molecule has 14 nitrogen and oxygen atoms in total. The summed E-state index contributed by atoms with van der Waals surface area (Å²) in [7, 11) is 0. The van der Waals surface area contributed by atoms with E-state index in [9.17, 15) is 15.0 Å². The number of amides is 1. The minimum absolute atomic E-state index is 0.255. The number of ether oxygens (including phenoxy) is 1. The molecule has 14 heteroatoms. The third-order valence-corrected chi connectivity index (χ3v) is 5.72. The molecule has 1 aliphatic rings. The van der Waals surface area contributed by atoms with Gasteiger partial charge in [0, 0.05) is 37.3 Å². The van der Waals surface area contributed by atoms with Gasteiger partial charge in [-0.2, -0.15) is 0 Å². The quantitative estimate of drug-likeness (QED) is 0.141. The molecule has 4 aromatic heterocycles. The Hall–Kier alpha value is -4.14. The number of aliphatic hydroxyl groups excluding tert-OH is 2. The molecule has 1 aliphatic heterocycles. The number of aromatic amines is 1. The van der Waals surface area contributed by atoms with Crippen LogP contribution in [0.2, 0.25) is 0 Å². The summed E-state index contributed by atoms with van der Waals surface area (Å²) in [6.07, 6.45) is 7.31. The summed E-state index contributed by atoms with van der Waals surface area (Å²) in [5.41, 5.74) is 8.47. The Kier molecular flexibility index (Phi) is 6.22. The van der Waals surface area contributed by atoms with Gasteiger partial charge >= 0.3 is 0 Å². The van der Waals surface area contributed by atoms with Crippen molar-refractivity contribution < 1.29 is 19.7 Å². The summed E-state index contributed by atoms with van der Waals surface area (Å²) in [4.78, 5) is 36.0. The molecule has 0 aliphatic carbocycles. The number of fused-ring (bicyclic) bond motifs is 2. The van der Waals surface area contributed by atoms with Gasteiger partial charge in [0.25, 0.3) is 0 Å². The molecule has 1 saturated heterocycles. The lowest BCUT2D eigenvalue weighted by atomic mass is 10.2. The number of aromatic nitrogens is 7. The van der Waals surface area contributed by atoms with Crippen molar-refractivity contribution in [3.05, 3.63) is 36.8 Å². The largest absolute Gasteiger partial charge is 0.394 e. The molecule has 5 heterocycles. The lowest BCUT2D eigenvalue weighted by Crippen LogP contribution is -2.27. The monoisotopic (exact) mass is 480 g/mol. The van der Waals surface area contributed by atoms with Gasteiger partial charge in [0.05, 0.1) is 24.4 Å². The minimum atomic E-state index is -0.799.